The molecule has 0 spiro atoms. The minimum absolute atomic E-state index is 0.00393. The van der Waals surface area contributed by atoms with Gasteiger partial charge in [-0.1, -0.05) is 37.3 Å². The zero-order valence-corrected chi connectivity index (χ0v) is 13.7. The number of alkyl halides is 2. The smallest absolute Gasteiger partial charge is 0.244 e. The van der Waals surface area contributed by atoms with Gasteiger partial charge in [0.1, 0.15) is 4.87 Å². The monoisotopic (exact) mass is 313 g/mol. The normalized spacial score (nSPS) is 27.1. The maximum absolute atomic E-state index is 12.7. The average molecular weight is 314 g/mol. The third-order valence-corrected chi connectivity index (χ3v) is 5.11. The maximum Gasteiger partial charge on any atom is 0.244 e. The van der Waals surface area contributed by atoms with Crippen LogP contribution in [0.2, 0.25) is 0 Å². The van der Waals surface area contributed by atoms with Gasteiger partial charge in [0.25, 0.3) is 0 Å². The summed E-state index contributed by atoms with van der Waals surface area (Å²) in [6.45, 7) is 7.03. The van der Waals surface area contributed by atoms with Crippen molar-refractivity contribution in [3.8, 4) is 0 Å². The molecule has 0 radical (unpaired) electrons. The molecule has 1 aromatic carbocycles. The van der Waals surface area contributed by atoms with Crippen molar-refractivity contribution in [1.29, 1.82) is 0 Å². The number of halogens is 2. The van der Waals surface area contributed by atoms with Gasteiger partial charge in [-0.15, -0.1) is 23.2 Å². The van der Waals surface area contributed by atoms with E-state index in [2.05, 4.69) is 0 Å². The van der Waals surface area contributed by atoms with Crippen molar-refractivity contribution in [2.75, 3.05) is 6.54 Å². The van der Waals surface area contributed by atoms with E-state index in [1.165, 1.54) is 0 Å². The lowest BCUT2D eigenvalue weighted by Crippen LogP contribution is -2.43. The molecule has 4 heteroatoms. The van der Waals surface area contributed by atoms with E-state index in [4.69, 9.17) is 23.2 Å². The highest BCUT2D eigenvalue weighted by Gasteiger charge is 2.56. The van der Waals surface area contributed by atoms with Crippen molar-refractivity contribution in [3.63, 3.8) is 0 Å². The number of rotatable bonds is 4. The zero-order chi connectivity index (χ0) is 15.0. The number of carbonyl (C=O) groups is 1. The van der Waals surface area contributed by atoms with Crippen LogP contribution in [0.4, 0.5) is 0 Å². The van der Waals surface area contributed by atoms with Crippen molar-refractivity contribution < 1.29 is 4.79 Å². The second kappa shape index (κ2) is 5.57. The Kier molecular flexibility index (Phi) is 4.36. The predicted molar refractivity (Wildman–Crippen MR) is 84.2 cm³/mol. The third-order valence-electron chi connectivity index (χ3n) is 4.16. The van der Waals surface area contributed by atoms with Gasteiger partial charge < -0.3 is 4.90 Å². The van der Waals surface area contributed by atoms with Crippen molar-refractivity contribution in [1.82, 2.24) is 4.90 Å². The van der Waals surface area contributed by atoms with E-state index in [1.807, 2.05) is 56.0 Å². The van der Waals surface area contributed by atoms with Gasteiger partial charge in [0.05, 0.1) is 0 Å². The number of benzene rings is 1. The summed E-state index contributed by atoms with van der Waals surface area (Å²) in [6.07, 6.45) is 0.597. The zero-order valence-electron chi connectivity index (χ0n) is 12.2. The highest BCUT2D eigenvalue weighted by atomic mass is 35.5. The Balaban J connectivity index is 2.24. The third kappa shape index (κ3) is 2.82. The van der Waals surface area contributed by atoms with Crippen molar-refractivity contribution in [3.05, 3.63) is 35.9 Å². The molecule has 110 valence electrons. The standard InChI is InChI=1S/C16H21Cl2NO/c1-4-16(18)13(15(2,3)17)11-19(14(16)20)10-12-8-6-5-7-9-12/h5-9,13H,4,10-11H2,1-3H3/t13-,16-/m1/s1. The summed E-state index contributed by atoms with van der Waals surface area (Å²) in [7, 11) is 0. The van der Waals surface area contributed by atoms with Crippen LogP contribution < -0.4 is 0 Å². The molecule has 2 atom stereocenters. The van der Waals surface area contributed by atoms with E-state index in [9.17, 15) is 4.79 Å². The molecule has 1 amide bonds. The fourth-order valence-corrected chi connectivity index (χ4v) is 3.73. The van der Waals surface area contributed by atoms with Crippen molar-refractivity contribution in [2.45, 2.75) is 43.5 Å². The summed E-state index contributed by atoms with van der Waals surface area (Å²) in [4.78, 5) is 13.1. The van der Waals surface area contributed by atoms with E-state index in [0.717, 1.165) is 5.56 Å². The van der Waals surface area contributed by atoms with Gasteiger partial charge in [0.2, 0.25) is 5.91 Å². The maximum atomic E-state index is 12.7. The Morgan fingerprint density at radius 1 is 1.35 bits per heavy atom. The summed E-state index contributed by atoms with van der Waals surface area (Å²) in [5, 5.41) is 0. The van der Waals surface area contributed by atoms with Gasteiger partial charge in [-0.05, 0) is 25.8 Å². The Bertz CT molecular complexity index is 483. The SMILES string of the molecule is CC[C@]1(Cl)C(=O)N(Cc2ccccc2)C[C@@H]1C(C)(C)Cl. The Morgan fingerprint density at radius 3 is 2.40 bits per heavy atom. The topological polar surface area (TPSA) is 20.3 Å². The number of amides is 1. The van der Waals surface area contributed by atoms with Gasteiger partial charge in [-0.2, -0.15) is 0 Å². The Labute approximate surface area is 131 Å². The van der Waals surface area contributed by atoms with Crippen LogP contribution in [0.3, 0.4) is 0 Å². The molecule has 1 aliphatic rings. The lowest BCUT2D eigenvalue weighted by Gasteiger charge is -2.32. The number of hydrogen-bond donors (Lipinski definition) is 0. The second-order valence-corrected chi connectivity index (χ2v) is 7.65. The van der Waals surface area contributed by atoms with Crippen LogP contribution in [-0.2, 0) is 11.3 Å². The number of likely N-dealkylation sites (tertiary alicyclic amines) is 1. The molecule has 2 nitrogen and oxygen atoms in total. The molecule has 1 fully saturated rings. The molecule has 20 heavy (non-hydrogen) atoms. The van der Waals surface area contributed by atoms with Gasteiger partial charge in [0, 0.05) is 23.9 Å². The molecule has 0 unspecified atom stereocenters. The van der Waals surface area contributed by atoms with E-state index >= 15 is 0 Å². The van der Waals surface area contributed by atoms with E-state index in [-0.39, 0.29) is 11.8 Å². The summed E-state index contributed by atoms with van der Waals surface area (Å²) in [5.74, 6) is -0.0520. The van der Waals surface area contributed by atoms with Crippen LogP contribution in [0.15, 0.2) is 30.3 Å². The lowest BCUT2D eigenvalue weighted by molar-refractivity contribution is -0.130. The molecule has 0 aliphatic carbocycles. The van der Waals surface area contributed by atoms with E-state index in [1.54, 1.807) is 0 Å². The van der Waals surface area contributed by atoms with Crippen LogP contribution >= 0.6 is 23.2 Å². The van der Waals surface area contributed by atoms with Crippen LogP contribution in [0.1, 0.15) is 32.8 Å². The Morgan fingerprint density at radius 2 is 1.95 bits per heavy atom. The molecule has 2 rings (SSSR count). The first-order valence-corrected chi connectivity index (χ1v) is 7.75. The highest BCUT2D eigenvalue weighted by molar-refractivity contribution is 6.37. The van der Waals surface area contributed by atoms with Gasteiger partial charge in [-0.25, -0.2) is 0 Å². The van der Waals surface area contributed by atoms with E-state index in [0.29, 0.717) is 19.5 Å². The van der Waals surface area contributed by atoms with Crippen molar-refractivity contribution >= 4 is 29.1 Å². The molecule has 0 aromatic heterocycles. The van der Waals surface area contributed by atoms with E-state index < -0.39 is 9.75 Å². The molecule has 1 heterocycles. The molecule has 1 aromatic rings. The molecular formula is C16H21Cl2NO. The van der Waals surface area contributed by atoms with Crippen LogP contribution in [-0.4, -0.2) is 27.1 Å². The fourth-order valence-electron chi connectivity index (χ4n) is 2.96. The van der Waals surface area contributed by atoms with Gasteiger partial charge >= 0.3 is 0 Å². The Hall–Kier alpha value is -0.730. The quantitative estimate of drug-likeness (QED) is 0.768. The number of hydrogen-bond acceptors (Lipinski definition) is 1. The molecule has 0 N–H and O–H groups in total. The number of nitrogens with zero attached hydrogens (tertiary/aromatic N) is 1. The summed E-state index contributed by atoms with van der Waals surface area (Å²) in [6, 6.07) is 9.97. The van der Waals surface area contributed by atoms with Gasteiger partial charge in [0.15, 0.2) is 0 Å². The van der Waals surface area contributed by atoms with Crippen LogP contribution in [0.25, 0.3) is 0 Å². The van der Waals surface area contributed by atoms with Crippen LogP contribution in [0, 0.1) is 5.92 Å². The predicted octanol–water partition coefficient (Wildman–Crippen LogP) is 4.05. The first-order valence-electron chi connectivity index (χ1n) is 7.00. The largest absolute Gasteiger partial charge is 0.336 e. The summed E-state index contributed by atoms with van der Waals surface area (Å²) >= 11 is 13.1. The number of carbonyl (C=O) groups excluding carboxylic acids is 1. The fraction of sp³-hybridized carbons (Fsp3) is 0.562. The first-order chi connectivity index (χ1) is 9.29. The van der Waals surface area contributed by atoms with Crippen LogP contribution in [0.5, 0.6) is 0 Å². The second-order valence-electron chi connectivity index (χ2n) is 6.00. The summed E-state index contributed by atoms with van der Waals surface area (Å²) < 4.78 is 0. The molecule has 0 saturated carbocycles. The lowest BCUT2D eigenvalue weighted by atomic mass is 9.83. The minimum Gasteiger partial charge on any atom is -0.336 e. The minimum atomic E-state index is -0.875. The van der Waals surface area contributed by atoms with Crippen molar-refractivity contribution in [2.24, 2.45) is 5.92 Å². The van der Waals surface area contributed by atoms with Gasteiger partial charge in [-0.3, -0.25) is 4.79 Å². The first kappa shape index (κ1) is 15.7. The summed E-state index contributed by atoms with van der Waals surface area (Å²) in [5.41, 5.74) is 1.11. The average Bonchev–Trinajstić information content (AvgIpc) is 2.65. The molecule has 1 saturated heterocycles. The molecular weight excluding hydrogens is 293 g/mol. The highest BCUT2D eigenvalue weighted by Crippen LogP contribution is 2.46. The molecule has 0 bridgehead atoms. The molecule has 1 aliphatic heterocycles.